The molecule has 1 unspecified atom stereocenters. The van der Waals surface area contributed by atoms with E-state index in [1.807, 2.05) is 4.90 Å². The lowest BCUT2D eigenvalue weighted by Crippen LogP contribution is -2.59. The van der Waals surface area contributed by atoms with Crippen LogP contribution in [0, 0.1) is 0 Å². The Kier molecular flexibility index (Phi) is 3.50. The van der Waals surface area contributed by atoms with Gasteiger partial charge in [-0.15, -0.1) is 0 Å². The van der Waals surface area contributed by atoms with Gasteiger partial charge in [-0.05, 0) is 46.1 Å². The molecule has 1 atom stereocenters. The van der Waals surface area contributed by atoms with Gasteiger partial charge in [0.25, 0.3) is 0 Å². The average molecular weight is 277 g/mol. The highest BCUT2D eigenvalue weighted by atomic mass is 16.2. The number of hydrogen-bond donors (Lipinski definition) is 0. The number of carbonyl (C=O) groups excluding carboxylic acids is 1. The molecule has 1 spiro atoms. The predicted molar refractivity (Wildman–Crippen MR) is 75.4 cm³/mol. The van der Waals surface area contributed by atoms with Gasteiger partial charge in [-0.1, -0.05) is 0 Å². The monoisotopic (exact) mass is 277 g/mol. The topological polar surface area (TPSA) is 54.3 Å². The van der Waals surface area contributed by atoms with Gasteiger partial charge in [0.1, 0.15) is 12.7 Å². The Bertz CT molecular complexity index is 472. The molecule has 6 nitrogen and oxygen atoms in total. The summed E-state index contributed by atoms with van der Waals surface area (Å²) in [4.78, 5) is 20.8. The molecule has 6 heteroatoms. The molecule has 1 aromatic rings. The maximum absolute atomic E-state index is 12.4. The van der Waals surface area contributed by atoms with Crippen LogP contribution in [0.4, 0.5) is 4.79 Å². The van der Waals surface area contributed by atoms with Crippen molar-refractivity contribution in [3.63, 3.8) is 0 Å². The second kappa shape index (κ2) is 5.16. The summed E-state index contributed by atoms with van der Waals surface area (Å²) in [5.41, 5.74) is 0.183. The fourth-order valence-corrected chi connectivity index (χ4v) is 3.93. The molecular weight excluding hydrogens is 254 g/mol. The van der Waals surface area contributed by atoms with Gasteiger partial charge in [0.05, 0.1) is 0 Å². The Labute approximate surface area is 119 Å². The van der Waals surface area contributed by atoms with Crippen LogP contribution in [0.3, 0.4) is 0 Å². The molecule has 1 amide bonds. The van der Waals surface area contributed by atoms with Gasteiger partial charge in [0.2, 0.25) is 0 Å². The maximum atomic E-state index is 12.4. The molecule has 0 radical (unpaired) electrons. The number of hydrogen-bond acceptors (Lipinski definition) is 4. The van der Waals surface area contributed by atoms with E-state index < -0.39 is 0 Å². The molecule has 1 aromatic heterocycles. The first kappa shape index (κ1) is 13.5. The normalized spacial score (nSPS) is 27.6. The Morgan fingerprint density at radius 2 is 2.00 bits per heavy atom. The zero-order valence-corrected chi connectivity index (χ0v) is 12.3. The highest BCUT2D eigenvalue weighted by molar-refractivity contribution is 5.75. The molecule has 2 fully saturated rings. The van der Waals surface area contributed by atoms with Gasteiger partial charge >= 0.3 is 6.03 Å². The molecule has 2 aliphatic heterocycles. The Morgan fingerprint density at radius 1 is 1.25 bits per heavy atom. The number of carbonyl (C=O) groups is 1. The van der Waals surface area contributed by atoms with Crippen molar-refractivity contribution in [1.29, 1.82) is 0 Å². The number of aromatic nitrogens is 3. The molecule has 0 aliphatic carbocycles. The summed E-state index contributed by atoms with van der Waals surface area (Å²) >= 11 is 0. The second-order valence-electron chi connectivity index (χ2n) is 6.26. The van der Waals surface area contributed by atoms with Crippen LogP contribution in [-0.4, -0.2) is 61.8 Å². The molecule has 3 rings (SSSR count). The van der Waals surface area contributed by atoms with Gasteiger partial charge in [0, 0.05) is 24.7 Å². The second-order valence-corrected chi connectivity index (χ2v) is 6.26. The van der Waals surface area contributed by atoms with E-state index in [0.29, 0.717) is 6.04 Å². The van der Waals surface area contributed by atoms with Crippen molar-refractivity contribution in [3.8, 4) is 0 Å². The number of likely N-dealkylation sites (tertiary alicyclic amines) is 2. The lowest BCUT2D eigenvalue weighted by molar-refractivity contribution is 0.0355. The molecule has 0 N–H and O–H groups in total. The van der Waals surface area contributed by atoms with Gasteiger partial charge in [0.15, 0.2) is 0 Å². The van der Waals surface area contributed by atoms with E-state index in [-0.39, 0.29) is 11.6 Å². The molecule has 20 heavy (non-hydrogen) atoms. The zero-order chi connectivity index (χ0) is 14.2. The summed E-state index contributed by atoms with van der Waals surface area (Å²) in [6.45, 7) is 7.32. The maximum Gasteiger partial charge on any atom is 0.346 e. The van der Waals surface area contributed by atoms with Crippen LogP contribution in [0.2, 0.25) is 0 Å². The standard InChI is InChI=1S/C14H23N5O/c1-12(2)18-8-4-6-14(18)5-3-7-17(9-14)13(20)19-11-15-10-16-19/h10-12H,3-9H2,1-2H3. The first-order valence-corrected chi connectivity index (χ1v) is 7.53. The number of piperidine rings is 1. The van der Waals surface area contributed by atoms with E-state index in [4.69, 9.17) is 0 Å². The van der Waals surface area contributed by atoms with Crippen molar-refractivity contribution in [3.05, 3.63) is 12.7 Å². The summed E-state index contributed by atoms with van der Waals surface area (Å²) in [5.74, 6) is 0. The molecule has 110 valence electrons. The summed E-state index contributed by atoms with van der Waals surface area (Å²) in [5, 5.41) is 3.96. The summed E-state index contributed by atoms with van der Waals surface area (Å²) in [6.07, 6.45) is 7.61. The molecule has 0 saturated carbocycles. The first-order valence-electron chi connectivity index (χ1n) is 7.53. The molecular formula is C14H23N5O. The smallest absolute Gasteiger partial charge is 0.321 e. The van der Waals surface area contributed by atoms with Crippen LogP contribution in [0.25, 0.3) is 0 Å². The Hall–Kier alpha value is -1.43. The van der Waals surface area contributed by atoms with Crippen molar-refractivity contribution in [2.75, 3.05) is 19.6 Å². The fourth-order valence-electron chi connectivity index (χ4n) is 3.93. The molecule has 3 heterocycles. The minimum atomic E-state index is -0.0443. The fraction of sp³-hybridized carbons (Fsp3) is 0.786. The van der Waals surface area contributed by atoms with Crippen LogP contribution in [0.5, 0.6) is 0 Å². The lowest BCUT2D eigenvalue weighted by atomic mass is 9.86. The molecule has 2 saturated heterocycles. The van der Waals surface area contributed by atoms with Crippen molar-refractivity contribution >= 4 is 6.03 Å². The van der Waals surface area contributed by atoms with Crippen LogP contribution in [-0.2, 0) is 0 Å². The van der Waals surface area contributed by atoms with E-state index in [2.05, 4.69) is 28.8 Å². The Balaban J connectivity index is 1.78. The molecule has 2 aliphatic rings. The number of nitrogens with zero attached hydrogens (tertiary/aromatic N) is 5. The van der Waals surface area contributed by atoms with E-state index in [1.165, 1.54) is 36.6 Å². The van der Waals surface area contributed by atoms with E-state index in [9.17, 15) is 4.79 Å². The van der Waals surface area contributed by atoms with Crippen molar-refractivity contribution in [2.24, 2.45) is 0 Å². The quantitative estimate of drug-likeness (QED) is 0.782. The zero-order valence-electron chi connectivity index (χ0n) is 12.3. The minimum absolute atomic E-state index is 0.0443. The Morgan fingerprint density at radius 3 is 2.65 bits per heavy atom. The third-order valence-corrected chi connectivity index (χ3v) is 4.71. The van der Waals surface area contributed by atoms with Crippen LogP contribution in [0.15, 0.2) is 12.7 Å². The largest absolute Gasteiger partial charge is 0.346 e. The van der Waals surface area contributed by atoms with Gasteiger partial charge in [-0.3, -0.25) is 4.90 Å². The highest BCUT2D eigenvalue weighted by Gasteiger charge is 2.45. The van der Waals surface area contributed by atoms with E-state index >= 15 is 0 Å². The minimum Gasteiger partial charge on any atom is -0.321 e. The van der Waals surface area contributed by atoms with E-state index in [0.717, 1.165) is 26.1 Å². The summed E-state index contributed by atoms with van der Waals surface area (Å²) in [7, 11) is 0. The van der Waals surface area contributed by atoms with Crippen LogP contribution in [0.1, 0.15) is 39.5 Å². The van der Waals surface area contributed by atoms with Gasteiger partial charge < -0.3 is 4.90 Å². The SMILES string of the molecule is CC(C)N1CCCC12CCCN(C(=O)n1cncn1)C2. The average Bonchev–Trinajstić information content (AvgIpc) is 3.08. The highest BCUT2D eigenvalue weighted by Crippen LogP contribution is 2.38. The summed E-state index contributed by atoms with van der Waals surface area (Å²) < 4.78 is 1.34. The third kappa shape index (κ3) is 2.22. The van der Waals surface area contributed by atoms with Crippen molar-refractivity contribution in [1.82, 2.24) is 24.6 Å². The third-order valence-electron chi connectivity index (χ3n) is 4.71. The van der Waals surface area contributed by atoms with Crippen molar-refractivity contribution < 1.29 is 4.79 Å². The van der Waals surface area contributed by atoms with E-state index in [1.54, 1.807) is 0 Å². The number of rotatable bonds is 1. The van der Waals surface area contributed by atoms with Gasteiger partial charge in [-0.25, -0.2) is 9.78 Å². The predicted octanol–water partition coefficient (Wildman–Crippen LogP) is 1.59. The first-order chi connectivity index (χ1) is 9.62. The van der Waals surface area contributed by atoms with Crippen molar-refractivity contribution in [2.45, 2.75) is 51.1 Å². The van der Waals surface area contributed by atoms with Crippen LogP contribution >= 0.6 is 0 Å². The summed E-state index contributed by atoms with van der Waals surface area (Å²) in [6, 6.07) is 0.496. The van der Waals surface area contributed by atoms with Crippen LogP contribution < -0.4 is 0 Å². The molecule has 0 bridgehead atoms. The number of amides is 1. The lowest BCUT2D eigenvalue weighted by Gasteiger charge is -2.47. The van der Waals surface area contributed by atoms with Gasteiger partial charge in [-0.2, -0.15) is 9.78 Å². The molecule has 0 aromatic carbocycles.